The minimum atomic E-state index is -0.148. The third-order valence-electron chi connectivity index (χ3n) is 4.33. The van der Waals surface area contributed by atoms with Gasteiger partial charge in [-0.15, -0.1) is 0 Å². The second-order valence-corrected chi connectivity index (χ2v) is 6.93. The van der Waals surface area contributed by atoms with Gasteiger partial charge in [0, 0.05) is 31.4 Å². The maximum Gasteiger partial charge on any atom is 0.238 e. The average molecular weight is 387 g/mol. The van der Waals surface area contributed by atoms with E-state index in [2.05, 4.69) is 39.8 Å². The summed E-state index contributed by atoms with van der Waals surface area (Å²) < 4.78 is 0. The van der Waals surface area contributed by atoms with Crippen LogP contribution in [0.4, 0.5) is 11.4 Å². The number of rotatable bonds is 8. The van der Waals surface area contributed by atoms with Crippen molar-refractivity contribution < 1.29 is 9.59 Å². The molecule has 3 aromatic rings. The first-order valence-electron chi connectivity index (χ1n) is 9.56. The van der Waals surface area contributed by atoms with Gasteiger partial charge in [-0.3, -0.25) is 14.5 Å². The molecule has 0 aliphatic heterocycles. The highest BCUT2D eigenvalue weighted by Crippen LogP contribution is 2.16. The Morgan fingerprint density at radius 1 is 0.724 bits per heavy atom. The Hall–Kier alpha value is -3.44. The minimum Gasteiger partial charge on any atom is -0.326 e. The van der Waals surface area contributed by atoms with Gasteiger partial charge >= 0.3 is 0 Å². The third kappa shape index (κ3) is 6.90. The van der Waals surface area contributed by atoms with Crippen LogP contribution in [0, 0.1) is 0 Å². The second-order valence-electron chi connectivity index (χ2n) is 6.93. The maximum absolute atomic E-state index is 12.7. The van der Waals surface area contributed by atoms with E-state index in [1.807, 2.05) is 42.5 Å². The predicted molar refractivity (Wildman–Crippen MR) is 116 cm³/mol. The second kappa shape index (κ2) is 10.2. The molecule has 5 heteroatoms. The highest BCUT2D eigenvalue weighted by Gasteiger charge is 2.13. The molecule has 0 aromatic heterocycles. The van der Waals surface area contributed by atoms with E-state index < -0.39 is 0 Å². The zero-order valence-corrected chi connectivity index (χ0v) is 16.5. The summed E-state index contributed by atoms with van der Waals surface area (Å²) in [5.41, 5.74) is 3.62. The largest absolute Gasteiger partial charge is 0.326 e. The molecule has 2 N–H and O–H groups in total. The van der Waals surface area contributed by atoms with E-state index in [1.54, 1.807) is 18.2 Å². The Morgan fingerprint density at radius 2 is 1.24 bits per heavy atom. The lowest BCUT2D eigenvalue weighted by molar-refractivity contribution is -0.117. The zero-order chi connectivity index (χ0) is 20.5. The Balaban J connectivity index is 1.67. The molecular formula is C24H25N3O2. The van der Waals surface area contributed by atoms with Gasteiger partial charge in [0.15, 0.2) is 0 Å². The van der Waals surface area contributed by atoms with Gasteiger partial charge in [0.05, 0.1) is 6.54 Å². The van der Waals surface area contributed by atoms with Crippen molar-refractivity contribution in [3.8, 4) is 0 Å². The highest BCUT2D eigenvalue weighted by atomic mass is 16.2. The number of amides is 2. The number of hydrogen-bond acceptors (Lipinski definition) is 3. The quantitative estimate of drug-likeness (QED) is 0.606. The number of nitrogens with one attached hydrogen (secondary N) is 2. The minimum absolute atomic E-state index is 0.100. The van der Waals surface area contributed by atoms with Crippen molar-refractivity contribution in [2.75, 3.05) is 17.2 Å². The zero-order valence-electron chi connectivity index (χ0n) is 16.5. The Morgan fingerprint density at radius 3 is 1.76 bits per heavy atom. The van der Waals surface area contributed by atoms with Crippen molar-refractivity contribution in [1.82, 2.24) is 4.90 Å². The normalized spacial score (nSPS) is 10.6. The van der Waals surface area contributed by atoms with Gasteiger partial charge in [-0.05, 0) is 29.3 Å². The SMILES string of the molecule is CC(=O)Nc1cccc(NC(=O)CN(Cc2ccccc2)Cc2ccccc2)c1. The molecule has 2 amide bonds. The fourth-order valence-corrected chi connectivity index (χ4v) is 3.13. The molecule has 0 bridgehead atoms. The number of anilines is 2. The van der Waals surface area contributed by atoms with Crippen molar-refractivity contribution in [3.63, 3.8) is 0 Å². The van der Waals surface area contributed by atoms with E-state index in [0.717, 1.165) is 11.1 Å². The van der Waals surface area contributed by atoms with Crippen LogP contribution in [0.15, 0.2) is 84.9 Å². The Kier molecular flexibility index (Phi) is 7.14. The van der Waals surface area contributed by atoms with Gasteiger partial charge in [0.2, 0.25) is 11.8 Å². The van der Waals surface area contributed by atoms with E-state index >= 15 is 0 Å². The summed E-state index contributed by atoms with van der Waals surface area (Å²) in [5, 5.41) is 5.65. The monoisotopic (exact) mass is 387 g/mol. The van der Waals surface area contributed by atoms with E-state index in [9.17, 15) is 9.59 Å². The molecule has 0 fully saturated rings. The van der Waals surface area contributed by atoms with Crippen molar-refractivity contribution >= 4 is 23.2 Å². The molecule has 3 aromatic carbocycles. The van der Waals surface area contributed by atoms with Crippen LogP contribution in [0.1, 0.15) is 18.1 Å². The van der Waals surface area contributed by atoms with Gasteiger partial charge in [0.25, 0.3) is 0 Å². The molecule has 0 atom stereocenters. The van der Waals surface area contributed by atoms with E-state index in [4.69, 9.17) is 0 Å². The van der Waals surface area contributed by atoms with Crippen LogP contribution in [-0.2, 0) is 22.7 Å². The highest BCUT2D eigenvalue weighted by molar-refractivity contribution is 5.94. The molecule has 0 heterocycles. The summed E-state index contributed by atoms with van der Waals surface area (Å²) in [4.78, 5) is 26.0. The first-order chi connectivity index (χ1) is 14.1. The summed E-state index contributed by atoms with van der Waals surface area (Å²) in [5.74, 6) is -0.248. The summed E-state index contributed by atoms with van der Waals surface area (Å²) in [6.45, 7) is 3.06. The summed E-state index contributed by atoms with van der Waals surface area (Å²) in [7, 11) is 0. The first kappa shape index (κ1) is 20.3. The fraction of sp³-hybridized carbons (Fsp3) is 0.167. The van der Waals surface area contributed by atoms with E-state index in [0.29, 0.717) is 24.5 Å². The lowest BCUT2D eigenvalue weighted by Crippen LogP contribution is -2.32. The lowest BCUT2D eigenvalue weighted by atomic mass is 10.1. The van der Waals surface area contributed by atoms with Crippen LogP contribution in [0.2, 0.25) is 0 Å². The van der Waals surface area contributed by atoms with Crippen LogP contribution in [0.25, 0.3) is 0 Å². The molecule has 0 aliphatic rings. The summed E-state index contributed by atoms with van der Waals surface area (Å²) in [6.07, 6.45) is 0. The van der Waals surface area contributed by atoms with E-state index in [-0.39, 0.29) is 18.4 Å². The van der Waals surface area contributed by atoms with Gasteiger partial charge in [-0.25, -0.2) is 0 Å². The summed E-state index contributed by atoms with van der Waals surface area (Å²) >= 11 is 0. The van der Waals surface area contributed by atoms with Crippen LogP contribution < -0.4 is 10.6 Å². The number of carbonyl (C=O) groups excluding carboxylic acids is 2. The molecule has 0 saturated heterocycles. The summed E-state index contributed by atoms with van der Waals surface area (Å²) in [6, 6.07) is 27.4. The molecular weight excluding hydrogens is 362 g/mol. The maximum atomic E-state index is 12.7. The lowest BCUT2D eigenvalue weighted by Gasteiger charge is -2.22. The van der Waals surface area contributed by atoms with Crippen LogP contribution in [0.3, 0.4) is 0 Å². The molecule has 0 radical (unpaired) electrons. The fourth-order valence-electron chi connectivity index (χ4n) is 3.13. The van der Waals surface area contributed by atoms with E-state index in [1.165, 1.54) is 6.92 Å². The smallest absolute Gasteiger partial charge is 0.238 e. The third-order valence-corrected chi connectivity index (χ3v) is 4.33. The number of nitrogens with zero attached hydrogens (tertiary/aromatic N) is 1. The standard InChI is InChI=1S/C24H25N3O2/c1-19(28)25-22-13-8-14-23(15-22)26-24(29)18-27(16-20-9-4-2-5-10-20)17-21-11-6-3-7-12-21/h2-15H,16-18H2,1H3,(H,25,28)(H,26,29). The molecule has 0 unspecified atom stereocenters. The topological polar surface area (TPSA) is 61.4 Å². The van der Waals surface area contributed by atoms with Crippen molar-refractivity contribution in [1.29, 1.82) is 0 Å². The van der Waals surface area contributed by atoms with Gasteiger partial charge < -0.3 is 10.6 Å². The van der Waals surface area contributed by atoms with Gasteiger partial charge in [0.1, 0.15) is 0 Å². The number of hydrogen-bond donors (Lipinski definition) is 2. The molecule has 29 heavy (non-hydrogen) atoms. The van der Waals surface area contributed by atoms with Crippen LogP contribution >= 0.6 is 0 Å². The van der Waals surface area contributed by atoms with Gasteiger partial charge in [-0.1, -0.05) is 66.7 Å². The van der Waals surface area contributed by atoms with Crippen LogP contribution in [0.5, 0.6) is 0 Å². The molecule has 0 spiro atoms. The number of carbonyl (C=O) groups is 2. The molecule has 148 valence electrons. The molecule has 0 aliphatic carbocycles. The van der Waals surface area contributed by atoms with Crippen molar-refractivity contribution in [3.05, 3.63) is 96.1 Å². The van der Waals surface area contributed by atoms with Crippen molar-refractivity contribution in [2.24, 2.45) is 0 Å². The first-order valence-corrected chi connectivity index (χ1v) is 9.56. The van der Waals surface area contributed by atoms with Crippen molar-refractivity contribution in [2.45, 2.75) is 20.0 Å². The van der Waals surface area contributed by atoms with Crippen LogP contribution in [-0.4, -0.2) is 23.3 Å². The molecule has 0 saturated carbocycles. The average Bonchev–Trinajstić information content (AvgIpc) is 2.69. The predicted octanol–water partition coefficient (Wildman–Crippen LogP) is 4.29. The Labute approximate surface area is 171 Å². The molecule has 3 rings (SSSR count). The Bertz CT molecular complexity index is 901. The van der Waals surface area contributed by atoms with Gasteiger partial charge in [-0.2, -0.15) is 0 Å². The number of benzene rings is 3. The molecule has 5 nitrogen and oxygen atoms in total.